The molecule has 2 heterocycles. The number of hydrogen-bond donors (Lipinski definition) is 2. The molecule has 1 aromatic rings. The van der Waals surface area contributed by atoms with Crippen LogP contribution in [0.3, 0.4) is 0 Å². The molecule has 0 spiro atoms. The van der Waals surface area contributed by atoms with Crippen LogP contribution in [0.25, 0.3) is 0 Å². The Morgan fingerprint density at radius 1 is 1.21 bits per heavy atom. The molecule has 154 valence electrons. The molecule has 2 aliphatic heterocycles. The number of nitrogens with one attached hydrogen (secondary N) is 2. The van der Waals surface area contributed by atoms with Crippen molar-refractivity contribution >= 4 is 17.9 Å². The Morgan fingerprint density at radius 3 is 2.72 bits per heavy atom. The minimum absolute atomic E-state index is 0.0136. The standard InChI is InChI=1S/C22H27N3O4/c1-13-8-9-14(2)16(10-13)20-19-17(12-29-21(19)27)25(22(28)24-20)11-18(26)23-15-6-4-3-5-7-15/h8-10,15,20H,3-7,11-12H2,1-2H3,(H,23,26)(H,24,28). The summed E-state index contributed by atoms with van der Waals surface area (Å²) in [5.74, 6) is -0.646. The number of carbonyl (C=O) groups excluding carboxylic acids is 3. The fourth-order valence-corrected chi connectivity index (χ4v) is 4.45. The second-order valence-electron chi connectivity index (χ2n) is 8.17. The number of carbonyl (C=O) groups is 3. The zero-order valence-electron chi connectivity index (χ0n) is 16.9. The van der Waals surface area contributed by atoms with Crippen molar-refractivity contribution in [3.05, 3.63) is 46.2 Å². The first-order chi connectivity index (χ1) is 13.9. The zero-order valence-corrected chi connectivity index (χ0v) is 16.9. The second-order valence-corrected chi connectivity index (χ2v) is 8.17. The molecule has 1 unspecified atom stereocenters. The first kappa shape index (κ1) is 19.5. The Labute approximate surface area is 170 Å². The van der Waals surface area contributed by atoms with Gasteiger partial charge in [-0.3, -0.25) is 9.69 Å². The highest BCUT2D eigenvalue weighted by Gasteiger charge is 2.43. The Kier molecular flexibility index (Phi) is 5.30. The van der Waals surface area contributed by atoms with Gasteiger partial charge in [-0.1, -0.05) is 43.0 Å². The van der Waals surface area contributed by atoms with Crippen molar-refractivity contribution in [1.29, 1.82) is 0 Å². The van der Waals surface area contributed by atoms with Crippen molar-refractivity contribution in [2.45, 2.75) is 58.0 Å². The normalized spacial score (nSPS) is 22.3. The number of amides is 3. The molecule has 7 heteroatoms. The number of esters is 1. The summed E-state index contributed by atoms with van der Waals surface area (Å²) in [7, 11) is 0. The molecule has 1 aromatic carbocycles. The lowest BCUT2D eigenvalue weighted by Crippen LogP contribution is -2.51. The van der Waals surface area contributed by atoms with E-state index in [9.17, 15) is 14.4 Å². The van der Waals surface area contributed by atoms with Crippen molar-refractivity contribution in [1.82, 2.24) is 15.5 Å². The molecular formula is C22H27N3O4. The summed E-state index contributed by atoms with van der Waals surface area (Å²) in [5, 5.41) is 5.94. The zero-order chi connectivity index (χ0) is 20.5. The average Bonchev–Trinajstić information content (AvgIpc) is 3.08. The summed E-state index contributed by atoms with van der Waals surface area (Å²) in [5.41, 5.74) is 3.81. The minimum atomic E-state index is -0.565. The van der Waals surface area contributed by atoms with Gasteiger partial charge in [0, 0.05) is 6.04 Å². The van der Waals surface area contributed by atoms with Gasteiger partial charge in [0.2, 0.25) is 5.91 Å². The van der Waals surface area contributed by atoms with Gasteiger partial charge in [0.05, 0.1) is 17.3 Å². The molecular weight excluding hydrogens is 370 g/mol. The maximum Gasteiger partial charge on any atom is 0.338 e. The Morgan fingerprint density at radius 2 is 1.97 bits per heavy atom. The Hall–Kier alpha value is -2.83. The lowest BCUT2D eigenvalue weighted by Gasteiger charge is -2.33. The number of benzene rings is 1. The van der Waals surface area contributed by atoms with E-state index in [-0.39, 0.29) is 31.1 Å². The van der Waals surface area contributed by atoms with Crippen LogP contribution < -0.4 is 10.6 Å². The van der Waals surface area contributed by atoms with E-state index in [1.807, 2.05) is 32.0 Å². The number of cyclic esters (lactones) is 1. The van der Waals surface area contributed by atoms with E-state index < -0.39 is 12.0 Å². The number of aryl methyl sites for hydroxylation is 2. The van der Waals surface area contributed by atoms with Crippen LogP contribution in [-0.4, -0.2) is 42.0 Å². The smallest absolute Gasteiger partial charge is 0.338 e. The van der Waals surface area contributed by atoms with Crippen molar-refractivity contribution in [2.75, 3.05) is 13.2 Å². The molecule has 3 aliphatic rings. The lowest BCUT2D eigenvalue weighted by atomic mass is 9.91. The highest BCUT2D eigenvalue weighted by atomic mass is 16.5. The van der Waals surface area contributed by atoms with Crippen LogP contribution in [0, 0.1) is 13.8 Å². The summed E-state index contributed by atoms with van der Waals surface area (Å²) >= 11 is 0. The molecule has 2 N–H and O–H groups in total. The number of ether oxygens (including phenoxy) is 1. The first-order valence-corrected chi connectivity index (χ1v) is 10.3. The number of rotatable bonds is 4. The molecule has 1 fully saturated rings. The van der Waals surface area contributed by atoms with E-state index in [4.69, 9.17) is 4.74 Å². The predicted octanol–water partition coefficient (Wildman–Crippen LogP) is 2.63. The van der Waals surface area contributed by atoms with Crippen LogP contribution in [-0.2, 0) is 14.3 Å². The van der Waals surface area contributed by atoms with Crippen LogP contribution in [0.5, 0.6) is 0 Å². The van der Waals surface area contributed by atoms with Gasteiger partial charge in [0.25, 0.3) is 0 Å². The number of nitrogens with zero attached hydrogens (tertiary/aromatic N) is 1. The molecule has 4 rings (SSSR count). The monoisotopic (exact) mass is 397 g/mol. The molecule has 0 saturated heterocycles. The first-order valence-electron chi connectivity index (χ1n) is 10.3. The molecule has 3 amide bonds. The van der Waals surface area contributed by atoms with Gasteiger partial charge in [0.15, 0.2) is 0 Å². The number of hydrogen-bond acceptors (Lipinski definition) is 4. The fraction of sp³-hybridized carbons (Fsp3) is 0.500. The van der Waals surface area contributed by atoms with Crippen molar-refractivity contribution in [2.24, 2.45) is 0 Å². The average molecular weight is 397 g/mol. The molecule has 1 saturated carbocycles. The SMILES string of the molecule is Cc1ccc(C)c(C2NC(=O)N(CC(=O)NC3CCCCC3)C3=C2C(=O)OC3)c1. The summed E-state index contributed by atoms with van der Waals surface area (Å²) in [6.07, 6.45) is 5.38. The van der Waals surface area contributed by atoms with Gasteiger partial charge in [0.1, 0.15) is 13.2 Å². The Bertz CT molecular complexity index is 886. The van der Waals surface area contributed by atoms with Gasteiger partial charge < -0.3 is 15.4 Å². The molecule has 1 atom stereocenters. The highest BCUT2D eigenvalue weighted by Crippen LogP contribution is 2.36. The van der Waals surface area contributed by atoms with E-state index in [1.54, 1.807) is 0 Å². The molecule has 0 radical (unpaired) electrons. The van der Waals surface area contributed by atoms with Gasteiger partial charge in [-0.15, -0.1) is 0 Å². The van der Waals surface area contributed by atoms with Crippen molar-refractivity contribution in [3.8, 4) is 0 Å². The van der Waals surface area contributed by atoms with Crippen LogP contribution >= 0.6 is 0 Å². The van der Waals surface area contributed by atoms with Crippen LogP contribution in [0.1, 0.15) is 54.8 Å². The molecule has 0 aromatic heterocycles. The third kappa shape index (κ3) is 3.86. The summed E-state index contributed by atoms with van der Waals surface area (Å²) < 4.78 is 5.25. The minimum Gasteiger partial charge on any atom is -0.456 e. The van der Waals surface area contributed by atoms with E-state index >= 15 is 0 Å². The van der Waals surface area contributed by atoms with Crippen molar-refractivity contribution in [3.63, 3.8) is 0 Å². The van der Waals surface area contributed by atoms with Gasteiger partial charge >= 0.3 is 12.0 Å². The van der Waals surface area contributed by atoms with Crippen LogP contribution in [0.4, 0.5) is 4.79 Å². The number of urea groups is 1. The van der Waals surface area contributed by atoms with E-state index in [0.29, 0.717) is 11.3 Å². The summed E-state index contributed by atoms with van der Waals surface area (Å²) in [6, 6.07) is 5.16. The van der Waals surface area contributed by atoms with E-state index in [1.165, 1.54) is 11.3 Å². The maximum atomic E-state index is 12.9. The van der Waals surface area contributed by atoms with Crippen molar-refractivity contribution < 1.29 is 19.1 Å². The van der Waals surface area contributed by atoms with Gasteiger partial charge in [-0.25, -0.2) is 9.59 Å². The van der Waals surface area contributed by atoms with E-state index in [2.05, 4.69) is 10.6 Å². The Balaban J connectivity index is 1.59. The lowest BCUT2D eigenvalue weighted by molar-refractivity contribution is -0.136. The van der Waals surface area contributed by atoms with Crippen LogP contribution in [0.2, 0.25) is 0 Å². The third-order valence-electron chi connectivity index (χ3n) is 6.02. The van der Waals surface area contributed by atoms with E-state index in [0.717, 1.165) is 42.4 Å². The maximum absolute atomic E-state index is 12.9. The van der Waals surface area contributed by atoms with Gasteiger partial charge in [-0.2, -0.15) is 0 Å². The van der Waals surface area contributed by atoms with Gasteiger partial charge in [-0.05, 0) is 37.8 Å². The molecule has 29 heavy (non-hydrogen) atoms. The molecule has 7 nitrogen and oxygen atoms in total. The second kappa shape index (κ2) is 7.89. The quantitative estimate of drug-likeness (QED) is 0.765. The molecule has 1 aliphatic carbocycles. The largest absolute Gasteiger partial charge is 0.456 e. The fourth-order valence-electron chi connectivity index (χ4n) is 4.45. The third-order valence-corrected chi connectivity index (χ3v) is 6.02. The summed E-state index contributed by atoms with van der Waals surface area (Å²) in [4.78, 5) is 39.3. The highest BCUT2D eigenvalue weighted by molar-refractivity contribution is 5.98. The molecule has 0 bridgehead atoms. The van der Waals surface area contributed by atoms with Crippen LogP contribution in [0.15, 0.2) is 29.5 Å². The topological polar surface area (TPSA) is 87.7 Å². The predicted molar refractivity (Wildman–Crippen MR) is 107 cm³/mol. The summed E-state index contributed by atoms with van der Waals surface area (Å²) in [6.45, 7) is 3.82.